The van der Waals surface area contributed by atoms with Crippen LogP contribution in [0.4, 0.5) is 10.2 Å². The second-order valence-corrected chi connectivity index (χ2v) is 11.4. The minimum Gasteiger partial charge on any atom is -0.491 e. The molecule has 1 unspecified atom stereocenters. The van der Waals surface area contributed by atoms with Gasteiger partial charge in [-0.15, -0.1) is 0 Å². The summed E-state index contributed by atoms with van der Waals surface area (Å²) < 4.78 is 28.0. The molecule has 2 saturated heterocycles. The number of nitrogen functional groups attached to an aromatic ring is 1. The Morgan fingerprint density at radius 2 is 2.08 bits per heavy atom. The molecule has 2 N–H and O–H groups in total. The second-order valence-electron chi connectivity index (χ2n) is 11.4. The molecule has 7 nitrogen and oxygen atoms in total. The monoisotopic (exact) mass is 493 g/mol. The van der Waals surface area contributed by atoms with Crippen LogP contribution in [0.1, 0.15) is 52.0 Å². The fourth-order valence-electron chi connectivity index (χ4n) is 6.14. The van der Waals surface area contributed by atoms with Gasteiger partial charge < -0.3 is 24.7 Å². The summed E-state index contributed by atoms with van der Waals surface area (Å²) >= 11 is 0. The molecule has 3 aliphatic rings. The quantitative estimate of drug-likeness (QED) is 0.498. The zero-order chi connectivity index (χ0) is 24.9. The van der Waals surface area contributed by atoms with Gasteiger partial charge in [-0.3, -0.25) is 0 Å². The highest BCUT2D eigenvalue weighted by Gasteiger charge is 2.35. The van der Waals surface area contributed by atoms with Crippen LogP contribution in [0.3, 0.4) is 0 Å². The number of halogens is 1. The first kappa shape index (κ1) is 23.7. The van der Waals surface area contributed by atoms with E-state index in [4.69, 9.17) is 15.2 Å². The summed E-state index contributed by atoms with van der Waals surface area (Å²) in [4.78, 5) is 11.2. The third-order valence-electron chi connectivity index (χ3n) is 8.11. The number of aromatic nitrogens is 3. The van der Waals surface area contributed by atoms with Crippen molar-refractivity contribution in [2.24, 2.45) is 5.92 Å². The first-order chi connectivity index (χ1) is 17.3. The third-order valence-corrected chi connectivity index (χ3v) is 8.11. The summed E-state index contributed by atoms with van der Waals surface area (Å²) in [6, 6.07) is 8.51. The number of hydrogen-bond acceptors (Lipinski definition) is 6. The lowest BCUT2D eigenvalue weighted by atomic mass is 9.79. The van der Waals surface area contributed by atoms with Gasteiger partial charge in [0.25, 0.3) is 0 Å². The first-order valence-corrected chi connectivity index (χ1v) is 13.2. The molecule has 3 fully saturated rings. The molecule has 4 heterocycles. The Hall–Kier alpha value is -2.71. The van der Waals surface area contributed by atoms with Gasteiger partial charge in [0, 0.05) is 37.4 Å². The van der Waals surface area contributed by atoms with Crippen molar-refractivity contribution >= 4 is 16.9 Å². The molecule has 1 saturated carbocycles. The van der Waals surface area contributed by atoms with Crippen molar-refractivity contribution in [2.75, 3.05) is 32.0 Å². The van der Waals surface area contributed by atoms with Gasteiger partial charge >= 0.3 is 0 Å². The van der Waals surface area contributed by atoms with Crippen LogP contribution in [0.25, 0.3) is 22.2 Å². The van der Waals surface area contributed by atoms with E-state index in [-0.39, 0.29) is 11.7 Å². The van der Waals surface area contributed by atoms with E-state index in [2.05, 4.69) is 51.6 Å². The number of nitrogens with zero attached hydrogens (tertiary/aromatic N) is 4. The lowest BCUT2D eigenvalue weighted by Gasteiger charge is -2.38. The number of alkyl halides is 1. The Morgan fingerprint density at radius 3 is 2.83 bits per heavy atom. The van der Waals surface area contributed by atoms with Crippen molar-refractivity contribution in [3.63, 3.8) is 0 Å². The van der Waals surface area contributed by atoms with E-state index in [1.807, 2.05) is 12.1 Å². The van der Waals surface area contributed by atoms with E-state index in [0.29, 0.717) is 37.4 Å². The maximum Gasteiger partial charge on any atom is 0.146 e. The molecule has 1 aromatic carbocycles. The molecule has 1 aliphatic carbocycles. The molecule has 0 amide bonds. The lowest BCUT2D eigenvalue weighted by Crippen LogP contribution is -2.36. The van der Waals surface area contributed by atoms with Crippen LogP contribution in [-0.2, 0) is 4.74 Å². The van der Waals surface area contributed by atoms with E-state index in [0.717, 1.165) is 66.7 Å². The van der Waals surface area contributed by atoms with Crippen molar-refractivity contribution in [2.45, 2.75) is 69.9 Å². The molecule has 3 aromatic rings. The number of rotatable bonds is 7. The largest absolute Gasteiger partial charge is 0.491 e. The predicted octanol–water partition coefficient (Wildman–Crippen LogP) is 5.01. The van der Waals surface area contributed by atoms with Gasteiger partial charge in [0.05, 0.1) is 17.1 Å². The molecule has 192 valence electrons. The molecule has 8 heteroatoms. The number of fused-ring (bicyclic) bond motifs is 1. The van der Waals surface area contributed by atoms with Crippen LogP contribution in [0, 0.1) is 5.92 Å². The van der Waals surface area contributed by atoms with Crippen LogP contribution in [0.2, 0.25) is 0 Å². The lowest BCUT2D eigenvalue weighted by molar-refractivity contribution is -0.0326. The number of nitrogens with two attached hydrogens (primary N) is 1. The number of anilines is 1. The Morgan fingerprint density at radius 1 is 1.22 bits per heavy atom. The number of benzene rings is 1. The van der Waals surface area contributed by atoms with Gasteiger partial charge in [0.1, 0.15) is 36.3 Å². The molecule has 2 atom stereocenters. The maximum atomic E-state index is 13.6. The summed E-state index contributed by atoms with van der Waals surface area (Å²) in [6.45, 7) is 7.26. The van der Waals surface area contributed by atoms with Gasteiger partial charge in [-0.1, -0.05) is 12.1 Å². The minimum atomic E-state index is -0.659. The van der Waals surface area contributed by atoms with Gasteiger partial charge in [-0.05, 0) is 69.6 Å². The topological polar surface area (TPSA) is 78.4 Å². The molecular weight excluding hydrogens is 457 g/mol. The smallest absolute Gasteiger partial charge is 0.146 e. The van der Waals surface area contributed by atoms with Gasteiger partial charge in [0.2, 0.25) is 0 Å². The van der Waals surface area contributed by atoms with Crippen LogP contribution in [0.5, 0.6) is 5.75 Å². The Kier molecular flexibility index (Phi) is 6.12. The zero-order valence-electron chi connectivity index (χ0n) is 21.2. The normalized spacial score (nSPS) is 28.0. The molecule has 0 bridgehead atoms. The Balaban J connectivity index is 1.20. The molecule has 0 radical (unpaired) electrons. The van der Waals surface area contributed by atoms with Crippen LogP contribution in [0.15, 0.2) is 36.8 Å². The molecule has 2 aliphatic heterocycles. The van der Waals surface area contributed by atoms with Crippen molar-refractivity contribution < 1.29 is 13.9 Å². The summed E-state index contributed by atoms with van der Waals surface area (Å²) in [7, 11) is 0. The number of hydrogen-bond donors (Lipinski definition) is 1. The fraction of sp³-hybridized carbons (Fsp3) is 0.571. The molecular formula is C28H36FN5O2. The van der Waals surface area contributed by atoms with Crippen LogP contribution >= 0.6 is 0 Å². The molecule has 0 spiro atoms. The Bertz CT molecular complexity index is 1240. The summed E-state index contributed by atoms with van der Waals surface area (Å²) in [5, 5.41) is 0.888. The van der Waals surface area contributed by atoms with E-state index in [9.17, 15) is 4.39 Å². The summed E-state index contributed by atoms with van der Waals surface area (Å²) in [6.07, 6.45) is 8.06. The third kappa shape index (κ3) is 4.68. The summed E-state index contributed by atoms with van der Waals surface area (Å²) in [5.74, 6) is 1.90. The Labute approximate surface area is 211 Å². The van der Waals surface area contributed by atoms with E-state index in [1.165, 1.54) is 0 Å². The second kappa shape index (κ2) is 9.30. The highest BCUT2D eigenvalue weighted by Crippen LogP contribution is 2.43. The first-order valence-electron chi connectivity index (χ1n) is 13.2. The number of ether oxygens (including phenoxy) is 2. The van der Waals surface area contributed by atoms with Crippen molar-refractivity contribution in [1.82, 2.24) is 19.4 Å². The van der Waals surface area contributed by atoms with E-state index < -0.39 is 6.17 Å². The zero-order valence-corrected chi connectivity index (χ0v) is 21.2. The minimum absolute atomic E-state index is 0.0695. The van der Waals surface area contributed by atoms with Crippen molar-refractivity contribution in [1.29, 1.82) is 0 Å². The van der Waals surface area contributed by atoms with E-state index in [1.54, 1.807) is 6.33 Å². The van der Waals surface area contributed by atoms with Gasteiger partial charge in [-0.25, -0.2) is 14.4 Å². The highest BCUT2D eigenvalue weighted by molar-refractivity contribution is 6.00. The standard InChI is InChI=1S/C28H36FN5O2/c1-28(2)8-6-23(36-28)16-35-22-5-3-4-19(12-22)24-15-34(27-25(24)26(30)31-17-32-27)21-10-18(11-21)13-33-9-7-20(29)14-33/h3-5,12,15,17-18,20-21,23H,6-11,13-14,16H2,1-2H3,(H2,30,31,32)/t18?,20-,21?,23?/m0/s1. The SMILES string of the molecule is CC1(C)CCC(COc2cccc(-c3cn(C4CC(CN5CC[C@H](F)C5)C4)c4ncnc(N)c34)c2)O1. The average Bonchev–Trinajstić information content (AvgIpc) is 3.52. The predicted molar refractivity (Wildman–Crippen MR) is 139 cm³/mol. The highest BCUT2D eigenvalue weighted by atomic mass is 19.1. The van der Waals surface area contributed by atoms with Crippen molar-refractivity contribution in [3.8, 4) is 16.9 Å². The average molecular weight is 494 g/mol. The molecule has 2 aromatic heterocycles. The van der Waals surface area contributed by atoms with Crippen molar-refractivity contribution in [3.05, 3.63) is 36.8 Å². The summed E-state index contributed by atoms with van der Waals surface area (Å²) in [5.41, 5.74) is 9.23. The van der Waals surface area contributed by atoms with Gasteiger partial charge in [0.15, 0.2) is 0 Å². The molecule has 6 rings (SSSR count). The fourth-order valence-corrected chi connectivity index (χ4v) is 6.14. The van der Waals surface area contributed by atoms with Crippen LogP contribution < -0.4 is 10.5 Å². The van der Waals surface area contributed by atoms with Gasteiger partial charge in [-0.2, -0.15) is 0 Å². The number of likely N-dealkylation sites (tertiary alicyclic amines) is 1. The van der Waals surface area contributed by atoms with E-state index >= 15 is 0 Å². The molecule has 36 heavy (non-hydrogen) atoms. The maximum absolute atomic E-state index is 13.6. The van der Waals surface area contributed by atoms with Crippen LogP contribution in [-0.4, -0.2) is 63.6 Å².